The molecule has 1 fully saturated rings. The van der Waals surface area contributed by atoms with Gasteiger partial charge < -0.3 is 5.32 Å². The van der Waals surface area contributed by atoms with Crippen molar-refractivity contribution in [2.75, 3.05) is 25.0 Å². The molecular weight excluding hydrogens is 412 g/mol. The van der Waals surface area contributed by atoms with Gasteiger partial charge in [0.2, 0.25) is 0 Å². The number of carbonyl (C=O) groups excluding carboxylic acids is 2. The van der Waals surface area contributed by atoms with Crippen LogP contribution in [0, 0.1) is 11.7 Å². The number of carbonyl (C=O) groups is 2. The fraction of sp³-hybridized carbons (Fsp3) is 0.304. The predicted molar refractivity (Wildman–Crippen MR) is 110 cm³/mol. The molecule has 0 bridgehead atoms. The number of halogens is 4. The third kappa shape index (κ3) is 6.49. The zero-order chi connectivity index (χ0) is 22.4. The number of Topliss-reactive ketones (excluding diaryl/α,β-unsaturated/α-hetero) is 1. The number of hydrogen-bond donors (Lipinski definition) is 1. The summed E-state index contributed by atoms with van der Waals surface area (Å²) in [6.07, 6.45) is 0.349. The topological polar surface area (TPSA) is 49.4 Å². The van der Waals surface area contributed by atoms with Crippen molar-refractivity contribution in [2.45, 2.75) is 19.0 Å². The smallest absolute Gasteiger partial charge is 0.318 e. The Hall–Kier alpha value is -3.00. The summed E-state index contributed by atoms with van der Waals surface area (Å²) in [5.74, 6) is -2.38. The lowest BCUT2D eigenvalue weighted by atomic mass is 9.89. The minimum atomic E-state index is -4.92. The Kier molecular flexibility index (Phi) is 7.22. The first-order chi connectivity index (χ1) is 14.7. The summed E-state index contributed by atoms with van der Waals surface area (Å²) in [5.41, 5.74) is 1.41. The third-order valence-corrected chi connectivity index (χ3v) is 5.19. The van der Waals surface area contributed by atoms with E-state index >= 15 is 0 Å². The Labute approximate surface area is 177 Å². The first-order valence-electron chi connectivity index (χ1n) is 9.89. The van der Waals surface area contributed by atoms with E-state index in [9.17, 15) is 27.2 Å². The van der Waals surface area contributed by atoms with Gasteiger partial charge in [-0.1, -0.05) is 24.3 Å². The monoisotopic (exact) mass is 434 g/mol. The molecule has 4 nitrogen and oxygen atoms in total. The van der Waals surface area contributed by atoms with E-state index in [-0.39, 0.29) is 23.2 Å². The van der Waals surface area contributed by atoms with Crippen molar-refractivity contribution < 1.29 is 27.2 Å². The van der Waals surface area contributed by atoms with Gasteiger partial charge in [0, 0.05) is 23.7 Å². The molecule has 1 saturated heterocycles. The number of rotatable bonds is 6. The molecule has 0 spiro atoms. The number of nitrogens with zero attached hydrogens (tertiary/aromatic N) is 1. The van der Waals surface area contributed by atoms with Crippen molar-refractivity contribution >= 4 is 23.5 Å². The molecule has 1 aliphatic rings. The minimum absolute atomic E-state index is 0.0490. The van der Waals surface area contributed by atoms with Crippen LogP contribution in [0.25, 0.3) is 6.08 Å². The molecule has 0 radical (unpaired) electrons. The molecular formula is C23H22F4N2O2. The second-order valence-corrected chi connectivity index (χ2v) is 7.42. The average Bonchev–Trinajstić information content (AvgIpc) is 2.75. The van der Waals surface area contributed by atoms with E-state index in [1.807, 2.05) is 12.2 Å². The number of amides is 1. The number of nitrogens with one attached hydrogen (secondary N) is 1. The Balaban J connectivity index is 1.44. The van der Waals surface area contributed by atoms with Gasteiger partial charge >= 0.3 is 12.1 Å². The van der Waals surface area contributed by atoms with Gasteiger partial charge in [0.15, 0.2) is 5.78 Å². The molecule has 164 valence electrons. The summed E-state index contributed by atoms with van der Waals surface area (Å²) < 4.78 is 49.8. The normalized spacial score (nSPS) is 15.9. The predicted octanol–water partition coefficient (Wildman–Crippen LogP) is 4.93. The van der Waals surface area contributed by atoms with Crippen LogP contribution in [0.5, 0.6) is 0 Å². The van der Waals surface area contributed by atoms with E-state index in [1.165, 1.54) is 36.4 Å². The number of anilines is 1. The van der Waals surface area contributed by atoms with E-state index in [4.69, 9.17) is 0 Å². The van der Waals surface area contributed by atoms with Crippen molar-refractivity contribution in [3.8, 4) is 0 Å². The largest absolute Gasteiger partial charge is 0.471 e. The van der Waals surface area contributed by atoms with Crippen LogP contribution < -0.4 is 5.32 Å². The second kappa shape index (κ2) is 9.87. The Morgan fingerprint density at radius 3 is 2.19 bits per heavy atom. The molecule has 0 saturated carbocycles. The van der Waals surface area contributed by atoms with Crippen LogP contribution in [0.15, 0.2) is 54.6 Å². The van der Waals surface area contributed by atoms with Gasteiger partial charge in [0.25, 0.3) is 0 Å². The maximum atomic E-state index is 13.0. The SMILES string of the molecule is O=C(c1ccc(F)cc1)C1CCN(C/C=C/c2ccc(NC(=O)C(F)(F)F)cc2)CC1. The van der Waals surface area contributed by atoms with Crippen LogP contribution in [-0.2, 0) is 4.79 Å². The molecule has 1 heterocycles. The summed E-state index contributed by atoms with van der Waals surface area (Å²) in [5, 5.41) is 1.80. The average molecular weight is 434 g/mol. The van der Waals surface area contributed by atoms with Crippen molar-refractivity contribution in [3.05, 3.63) is 71.6 Å². The van der Waals surface area contributed by atoms with Gasteiger partial charge in [-0.2, -0.15) is 13.2 Å². The highest BCUT2D eigenvalue weighted by atomic mass is 19.4. The van der Waals surface area contributed by atoms with Crippen molar-refractivity contribution in [1.29, 1.82) is 0 Å². The fourth-order valence-electron chi connectivity index (χ4n) is 3.44. The number of likely N-dealkylation sites (tertiary alicyclic amines) is 1. The molecule has 0 aromatic heterocycles. The Morgan fingerprint density at radius 1 is 1.00 bits per heavy atom. The minimum Gasteiger partial charge on any atom is -0.318 e. The van der Waals surface area contributed by atoms with Gasteiger partial charge in [-0.3, -0.25) is 14.5 Å². The van der Waals surface area contributed by atoms with Gasteiger partial charge in [0.1, 0.15) is 5.82 Å². The van der Waals surface area contributed by atoms with Crippen LogP contribution in [0.3, 0.4) is 0 Å². The summed E-state index contributed by atoms with van der Waals surface area (Å²) >= 11 is 0. The van der Waals surface area contributed by atoms with Crippen molar-refractivity contribution in [1.82, 2.24) is 4.90 Å². The maximum Gasteiger partial charge on any atom is 0.471 e. The molecule has 2 aromatic rings. The number of piperidine rings is 1. The van der Waals surface area contributed by atoms with Gasteiger partial charge in [-0.25, -0.2) is 4.39 Å². The van der Waals surface area contributed by atoms with E-state index in [2.05, 4.69) is 4.90 Å². The molecule has 31 heavy (non-hydrogen) atoms. The van der Waals surface area contributed by atoms with Crippen LogP contribution in [0.4, 0.5) is 23.2 Å². The van der Waals surface area contributed by atoms with E-state index in [1.54, 1.807) is 17.4 Å². The third-order valence-electron chi connectivity index (χ3n) is 5.19. The molecule has 1 aliphatic heterocycles. The van der Waals surface area contributed by atoms with Crippen molar-refractivity contribution in [3.63, 3.8) is 0 Å². The lowest BCUT2D eigenvalue weighted by Crippen LogP contribution is -2.36. The van der Waals surface area contributed by atoms with Crippen LogP contribution in [0.2, 0.25) is 0 Å². The summed E-state index contributed by atoms with van der Waals surface area (Å²) in [4.78, 5) is 25.7. The molecule has 0 unspecified atom stereocenters. The lowest BCUT2D eigenvalue weighted by molar-refractivity contribution is -0.167. The van der Waals surface area contributed by atoms with Crippen LogP contribution >= 0.6 is 0 Å². The van der Waals surface area contributed by atoms with E-state index in [0.29, 0.717) is 12.1 Å². The van der Waals surface area contributed by atoms with Gasteiger partial charge in [-0.05, 0) is 67.9 Å². The Morgan fingerprint density at radius 2 is 1.61 bits per heavy atom. The standard InChI is InChI=1S/C23H22F4N2O2/c24-19-7-5-17(6-8-19)21(30)18-11-14-29(15-12-18)13-1-2-16-3-9-20(10-4-16)28-22(31)23(25,26)27/h1-10,18H,11-15H2,(H,28,31)/b2-1+. The number of alkyl halides is 3. The Bertz CT molecular complexity index is 930. The highest BCUT2D eigenvalue weighted by molar-refractivity contribution is 5.98. The molecule has 0 atom stereocenters. The first kappa shape index (κ1) is 22.7. The molecule has 1 N–H and O–H groups in total. The van der Waals surface area contributed by atoms with Crippen molar-refractivity contribution in [2.24, 2.45) is 5.92 Å². The van der Waals surface area contributed by atoms with Gasteiger partial charge in [0.05, 0.1) is 0 Å². The maximum absolute atomic E-state index is 13.0. The number of hydrogen-bond acceptors (Lipinski definition) is 3. The fourth-order valence-corrected chi connectivity index (χ4v) is 3.44. The first-order valence-corrected chi connectivity index (χ1v) is 9.89. The molecule has 2 aromatic carbocycles. The molecule has 3 rings (SSSR count). The highest BCUT2D eigenvalue weighted by Gasteiger charge is 2.38. The lowest BCUT2D eigenvalue weighted by Gasteiger charge is -2.30. The summed E-state index contributed by atoms with van der Waals surface area (Å²) in [7, 11) is 0. The number of ketones is 1. The molecule has 0 aliphatic carbocycles. The zero-order valence-corrected chi connectivity index (χ0v) is 16.7. The van der Waals surface area contributed by atoms with E-state index < -0.39 is 12.1 Å². The number of benzene rings is 2. The van der Waals surface area contributed by atoms with Crippen LogP contribution in [-0.4, -0.2) is 42.4 Å². The molecule has 1 amide bonds. The summed E-state index contributed by atoms with van der Waals surface area (Å²) in [6, 6.07) is 11.7. The highest BCUT2D eigenvalue weighted by Crippen LogP contribution is 2.22. The zero-order valence-electron chi connectivity index (χ0n) is 16.7. The van der Waals surface area contributed by atoms with Crippen LogP contribution in [0.1, 0.15) is 28.8 Å². The quantitative estimate of drug-likeness (QED) is 0.518. The molecule has 8 heteroatoms. The summed E-state index contributed by atoms with van der Waals surface area (Å²) in [6.45, 7) is 2.22. The van der Waals surface area contributed by atoms with Gasteiger partial charge in [-0.15, -0.1) is 0 Å². The second-order valence-electron chi connectivity index (χ2n) is 7.42. The van der Waals surface area contributed by atoms with E-state index in [0.717, 1.165) is 31.5 Å².